The molecule has 3 aromatic carbocycles. The number of aryl methyl sites for hydroxylation is 2. The summed E-state index contributed by atoms with van der Waals surface area (Å²) >= 11 is 1.29. The maximum absolute atomic E-state index is 13.5. The lowest BCUT2D eigenvalue weighted by Gasteiger charge is -2.16. The fourth-order valence-corrected chi connectivity index (χ4v) is 4.37. The summed E-state index contributed by atoms with van der Waals surface area (Å²) in [5.41, 5.74) is 3.66. The molecule has 0 saturated carbocycles. The average Bonchev–Trinajstić information content (AvgIpc) is 3.02. The van der Waals surface area contributed by atoms with Crippen molar-refractivity contribution in [2.45, 2.75) is 25.7 Å². The third kappa shape index (κ3) is 4.41. The van der Waals surface area contributed by atoms with Gasteiger partial charge >= 0.3 is 0 Å². The van der Waals surface area contributed by atoms with E-state index in [2.05, 4.69) is 5.32 Å². The third-order valence-electron chi connectivity index (χ3n) is 5.06. The SMILES string of the molecule is CCOc1ccc(N2C(=O)C(Nc3cc(C)ccc3C)=C(Sc3ccccc3)C2=O)cc1. The van der Waals surface area contributed by atoms with Crippen LogP contribution in [0.15, 0.2) is 88.3 Å². The molecule has 162 valence electrons. The summed E-state index contributed by atoms with van der Waals surface area (Å²) in [5, 5.41) is 3.25. The predicted molar refractivity (Wildman–Crippen MR) is 129 cm³/mol. The van der Waals surface area contributed by atoms with Gasteiger partial charge in [-0.2, -0.15) is 0 Å². The van der Waals surface area contributed by atoms with Crippen molar-refractivity contribution < 1.29 is 14.3 Å². The van der Waals surface area contributed by atoms with Crippen molar-refractivity contribution in [3.05, 3.63) is 94.5 Å². The largest absolute Gasteiger partial charge is 0.494 e. The molecule has 4 rings (SSSR count). The average molecular weight is 445 g/mol. The summed E-state index contributed by atoms with van der Waals surface area (Å²) in [5.74, 6) is -0.0322. The first-order chi connectivity index (χ1) is 15.5. The van der Waals surface area contributed by atoms with Gasteiger partial charge in [-0.3, -0.25) is 9.59 Å². The molecule has 0 aliphatic carbocycles. The van der Waals surface area contributed by atoms with E-state index >= 15 is 0 Å². The molecule has 0 saturated heterocycles. The Morgan fingerprint density at radius 1 is 0.906 bits per heavy atom. The highest BCUT2D eigenvalue weighted by molar-refractivity contribution is 8.04. The van der Waals surface area contributed by atoms with Crippen molar-refractivity contribution in [1.29, 1.82) is 0 Å². The zero-order valence-electron chi connectivity index (χ0n) is 18.2. The van der Waals surface area contributed by atoms with Gasteiger partial charge in [0.1, 0.15) is 16.4 Å². The molecule has 0 bridgehead atoms. The van der Waals surface area contributed by atoms with E-state index in [4.69, 9.17) is 4.74 Å². The Kier molecular flexibility index (Phi) is 6.32. The van der Waals surface area contributed by atoms with Gasteiger partial charge < -0.3 is 10.1 Å². The zero-order valence-corrected chi connectivity index (χ0v) is 19.0. The Bertz CT molecular complexity index is 1190. The van der Waals surface area contributed by atoms with Gasteiger partial charge in [-0.15, -0.1) is 0 Å². The van der Waals surface area contributed by atoms with Gasteiger partial charge in [-0.1, -0.05) is 42.1 Å². The lowest BCUT2D eigenvalue weighted by molar-refractivity contribution is -0.120. The maximum Gasteiger partial charge on any atom is 0.283 e. The number of ether oxygens (including phenoxy) is 1. The quantitative estimate of drug-likeness (QED) is 0.474. The summed E-state index contributed by atoms with van der Waals surface area (Å²) in [6, 6.07) is 22.5. The number of hydrogen-bond donors (Lipinski definition) is 1. The number of thioether (sulfide) groups is 1. The van der Waals surface area contributed by atoms with Gasteiger partial charge in [0.25, 0.3) is 11.8 Å². The highest BCUT2D eigenvalue weighted by Crippen LogP contribution is 2.38. The minimum Gasteiger partial charge on any atom is -0.494 e. The number of nitrogens with zero attached hydrogens (tertiary/aromatic N) is 1. The Labute approximate surface area is 192 Å². The highest BCUT2D eigenvalue weighted by atomic mass is 32.2. The summed E-state index contributed by atoms with van der Waals surface area (Å²) in [6.07, 6.45) is 0. The van der Waals surface area contributed by atoms with E-state index in [1.807, 2.05) is 69.3 Å². The highest BCUT2D eigenvalue weighted by Gasteiger charge is 2.40. The number of rotatable bonds is 7. The van der Waals surface area contributed by atoms with Crippen LogP contribution in [-0.2, 0) is 9.59 Å². The first-order valence-corrected chi connectivity index (χ1v) is 11.2. The molecule has 1 N–H and O–H groups in total. The van der Waals surface area contributed by atoms with E-state index in [-0.39, 0.29) is 17.5 Å². The van der Waals surface area contributed by atoms with Crippen LogP contribution in [0.3, 0.4) is 0 Å². The van der Waals surface area contributed by atoms with Crippen molar-refractivity contribution in [2.75, 3.05) is 16.8 Å². The number of imide groups is 1. The molecule has 1 aliphatic rings. The predicted octanol–water partition coefficient (Wildman–Crippen LogP) is 5.69. The number of carbonyl (C=O) groups is 2. The number of carbonyl (C=O) groups excluding carboxylic acids is 2. The second-order valence-corrected chi connectivity index (χ2v) is 8.52. The monoisotopic (exact) mass is 444 g/mol. The topological polar surface area (TPSA) is 58.6 Å². The summed E-state index contributed by atoms with van der Waals surface area (Å²) in [4.78, 5) is 29.4. The molecular formula is C26H24N2O3S. The van der Waals surface area contributed by atoms with Crippen LogP contribution in [0.2, 0.25) is 0 Å². The third-order valence-corrected chi connectivity index (χ3v) is 6.15. The molecule has 1 heterocycles. The number of nitrogens with one attached hydrogen (secondary N) is 1. The Morgan fingerprint density at radius 2 is 1.62 bits per heavy atom. The Hall–Kier alpha value is -3.51. The van der Waals surface area contributed by atoms with Crippen LogP contribution in [0, 0.1) is 13.8 Å². The van der Waals surface area contributed by atoms with Crippen molar-refractivity contribution in [3.8, 4) is 5.75 Å². The second-order valence-electron chi connectivity index (χ2n) is 7.44. The number of hydrogen-bond acceptors (Lipinski definition) is 5. The normalized spacial score (nSPS) is 13.7. The van der Waals surface area contributed by atoms with E-state index in [9.17, 15) is 9.59 Å². The van der Waals surface area contributed by atoms with Crippen LogP contribution in [0.1, 0.15) is 18.1 Å². The molecule has 0 spiro atoms. The van der Waals surface area contributed by atoms with E-state index < -0.39 is 0 Å². The lowest BCUT2D eigenvalue weighted by Crippen LogP contribution is -2.32. The maximum atomic E-state index is 13.5. The number of amides is 2. The molecule has 0 aromatic heterocycles. The lowest BCUT2D eigenvalue weighted by atomic mass is 10.1. The van der Waals surface area contributed by atoms with Crippen molar-refractivity contribution >= 4 is 35.0 Å². The van der Waals surface area contributed by atoms with Gasteiger partial charge in [0.15, 0.2) is 0 Å². The van der Waals surface area contributed by atoms with Crippen LogP contribution in [0.4, 0.5) is 11.4 Å². The molecule has 5 nitrogen and oxygen atoms in total. The smallest absolute Gasteiger partial charge is 0.283 e. The Morgan fingerprint density at radius 3 is 2.31 bits per heavy atom. The van der Waals surface area contributed by atoms with Crippen LogP contribution >= 0.6 is 11.8 Å². The molecule has 1 aliphatic heterocycles. The fraction of sp³-hybridized carbons (Fsp3) is 0.154. The first-order valence-electron chi connectivity index (χ1n) is 10.4. The van der Waals surface area contributed by atoms with Crippen LogP contribution in [0.25, 0.3) is 0 Å². The zero-order chi connectivity index (χ0) is 22.7. The van der Waals surface area contributed by atoms with E-state index in [1.54, 1.807) is 24.3 Å². The summed E-state index contributed by atoms with van der Waals surface area (Å²) < 4.78 is 5.49. The van der Waals surface area contributed by atoms with E-state index in [1.165, 1.54) is 16.7 Å². The number of anilines is 2. The fourth-order valence-electron chi connectivity index (χ4n) is 3.42. The summed E-state index contributed by atoms with van der Waals surface area (Å²) in [7, 11) is 0. The van der Waals surface area contributed by atoms with Crippen molar-refractivity contribution in [1.82, 2.24) is 0 Å². The van der Waals surface area contributed by atoms with Crippen LogP contribution < -0.4 is 15.0 Å². The minimum absolute atomic E-state index is 0.284. The van der Waals surface area contributed by atoms with Crippen molar-refractivity contribution in [2.24, 2.45) is 0 Å². The van der Waals surface area contributed by atoms with Crippen LogP contribution in [0.5, 0.6) is 5.75 Å². The molecular weight excluding hydrogens is 420 g/mol. The van der Waals surface area contributed by atoms with E-state index in [0.717, 1.165) is 21.7 Å². The summed E-state index contributed by atoms with van der Waals surface area (Å²) in [6.45, 7) is 6.41. The van der Waals surface area contributed by atoms with Crippen molar-refractivity contribution in [3.63, 3.8) is 0 Å². The van der Waals surface area contributed by atoms with Gasteiger partial charge in [0.05, 0.1) is 12.3 Å². The van der Waals surface area contributed by atoms with Gasteiger partial charge in [0, 0.05) is 10.6 Å². The minimum atomic E-state index is -0.376. The standard InChI is InChI=1S/C26H24N2O3S/c1-4-31-20-14-12-19(13-15-20)28-25(29)23(27-22-16-17(2)10-11-18(22)3)24(26(28)30)32-21-8-6-5-7-9-21/h5-16,27H,4H2,1-3H3. The first kappa shape index (κ1) is 21.7. The molecule has 0 unspecified atom stereocenters. The molecule has 3 aromatic rings. The molecule has 0 radical (unpaired) electrons. The van der Waals surface area contributed by atoms with E-state index in [0.29, 0.717) is 22.9 Å². The van der Waals surface area contributed by atoms with Gasteiger partial charge in [-0.25, -0.2) is 4.90 Å². The van der Waals surface area contributed by atoms with Gasteiger partial charge in [-0.05, 0) is 74.4 Å². The molecule has 2 amide bonds. The Balaban J connectivity index is 1.73. The van der Waals surface area contributed by atoms with Gasteiger partial charge in [0.2, 0.25) is 0 Å². The number of benzene rings is 3. The second kappa shape index (κ2) is 9.32. The molecule has 32 heavy (non-hydrogen) atoms. The van der Waals surface area contributed by atoms with Crippen LogP contribution in [-0.4, -0.2) is 18.4 Å². The molecule has 0 atom stereocenters. The molecule has 0 fully saturated rings. The molecule has 6 heteroatoms.